The zero-order valence-corrected chi connectivity index (χ0v) is 13.7. The van der Waals surface area contributed by atoms with Crippen molar-refractivity contribution < 1.29 is 4.79 Å². The lowest BCUT2D eigenvalue weighted by molar-refractivity contribution is -0.120. The minimum absolute atomic E-state index is 0.179. The monoisotopic (exact) mass is 312 g/mol. The Hall–Kier alpha value is -0.625. The minimum Gasteiger partial charge on any atom is -0.397 e. The van der Waals surface area contributed by atoms with Gasteiger partial charge in [0, 0.05) is 18.1 Å². The lowest BCUT2D eigenvalue weighted by Gasteiger charge is -2.11. The third kappa shape index (κ3) is 10.2. The Morgan fingerprint density at radius 3 is 2.70 bits per heavy atom. The first-order valence-electron chi connectivity index (χ1n) is 6.45. The molecule has 4 nitrogen and oxygen atoms in total. The molecule has 0 rings (SSSR count). The van der Waals surface area contributed by atoms with Crippen LogP contribution in [0, 0.1) is 0 Å². The molecule has 1 unspecified atom stereocenters. The van der Waals surface area contributed by atoms with Gasteiger partial charge in [-0.15, -0.1) is 0 Å². The zero-order chi connectivity index (χ0) is 15.2. The summed E-state index contributed by atoms with van der Waals surface area (Å²) in [5.74, 6) is 1.26. The van der Waals surface area contributed by atoms with Crippen LogP contribution in [0.25, 0.3) is 0 Å². The Morgan fingerprint density at radius 1 is 1.35 bits per heavy atom. The average molecular weight is 312 g/mol. The maximum absolute atomic E-state index is 11.8. The number of rotatable bonds is 10. The number of amides is 1. The molecule has 5 N–H and O–H groups in total. The summed E-state index contributed by atoms with van der Waals surface area (Å²) in [6.07, 6.45) is 9.58. The van der Waals surface area contributed by atoms with Gasteiger partial charge in [-0.3, -0.25) is 4.79 Å². The summed E-state index contributed by atoms with van der Waals surface area (Å²) < 4.78 is 0. The first-order chi connectivity index (χ1) is 9.65. The van der Waals surface area contributed by atoms with Crippen LogP contribution < -0.4 is 16.7 Å². The number of nitrogens with one attached hydrogen (secondary N) is 1. The number of nitrogens with two attached hydrogens (primary N) is 2. The molecular formula is C13H23BN3OS2. The van der Waals surface area contributed by atoms with Crippen molar-refractivity contribution in [1.29, 1.82) is 0 Å². The van der Waals surface area contributed by atoms with Crippen molar-refractivity contribution >= 4 is 34.9 Å². The maximum Gasteiger partial charge on any atom is 0.284 e. The maximum atomic E-state index is 11.8. The van der Waals surface area contributed by atoms with E-state index in [1.165, 1.54) is 0 Å². The quantitative estimate of drug-likeness (QED) is 0.246. The molecule has 111 valence electrons. The molecule has 0 aromatic carbocycles. The lowest BCUT2D eigenvalue weighted by atomic mass is 9.81. The molecule has 1 atom stereocenters. The van der Waals surface area contributed by atoms with Gasteiger partial charge >= 0.3 is 0 Å². The second-order valence-corrected chi connectivity index (χ2v) is 6.47. The van der Waals surface area contributed by atoms with E-state index < -0.39 is 6.04 Å². The van der Waals surface area contributed by atoms with Gasteiger partial charge in [-0.2, -0.15) is 0 Å². The fourth-order valence-electron chi connectivity index (χ4n) is 1.12. The van der Waals surface area contributed by atoms with Crippen molar-refractivity contribution in [3.05, 3.63) is 35.9 Å². The first kappa shape index (κ1) is 19.4. The normalized spacial score (nSPS) is 13.9. The van der Waals surface area contributed by atoms with Crippen LogP contribution >= 0.6 is 21.6 Å². The Balaban J connectivity index is 4.11. The third-order valence-electron chi connectivity index (χ3n) is 2.09. The van der Waals surface area contributed by atoms with E-state index in [9.17, 15) is 4.79 Å². The highest BCUT2D eigenvalue weighted by molar-refractivity contribution is 8.76. The van der Waals surface area contributed by atoms with Gasteiger partial charge in [0.1, 0.15) is 0 Å². The van der Waals surface area contributed by atoms with E-state index in [1.54, 1.807) is 29.0 Å². The SMILES string of the molecule is C\C=C/C=C([B]NC(=O)C(N)CSSCCN)\C=C/C. The minimum atomic E-state index is -0.518. The molecule has 0 aromatic heterocycles. The number of hydrogen-bond donors (Lipinski definition) is 3. The molecule has 20 heavy (non-hydrogen) atoms. The summed E-state index contributed by atoms with van der Waals surface area (Å²) in [7, 11) is 4.87. The van der Waals surface area contributed by atoms with Gasteiger partial charge in [-0.1, -0.05) is 57.4 Å². The van der Waals surface area contributed by atoms with Crippen LogP contribution in [0.2, 0.25) is 0 Å². The van der Waals surface area contributed by atoms with E-state index in [-0.39, 0.29) is 5.91 Å². The van der Waals surface area contributed by atoms with Gasteiger partial charge < -0.3 is 16.7 Å². The molecule has 0 aliphatic rings. The molecule has 0 saturated heterocycles. The Kier molecular flexibility index (Phi) is 12.9. The van der Waals surface area contributed by atoms with Crippen molar-refractivity contribution in [2.45, 2.75) is 19.9 Å². The van der Waals surface area contributed by atoms with Crippen LogP contribution in [0.1, 0.15) is 13.8 Å². The Bertz CT molecular complexity index is 360. The highest BCUT2D eigenvalue weighted by Gasteiger charge is 2.13. The molecular weight excluding hydrogens is 289 g/mol. The summed E-state index contributed by atoms with van der Waals surface area (Å²) in [4.78, 5) is 11.8. The molecule has 1 radical (unpaired) electrons. The Morgan fingerprint density at radius 2 is 2.10 bits per heavy atom. The van der Waals surface area contributed by atoms with Crippen LogP contribution in [0.5, 0.6) is 0 Å². The fraction of sp³-hybridized carbons (Fsp3) is 0.462. The van der Waals surface area contributed by atoms with Crippen molar-refractivity contribution in [3.8, 4) is 0 Å². The number of carbonyl (C=O) groups excluding carboxylic acids is 1. The van der Waals surface area contributed by atoms with Gasteiger partial charge in [-0.05, 0) is 13.8 Å². The molecule has 0 aliphatic carbocycles. The van der Waals surface area contributed by atoms with Crippen LogP contribution in [0.15, 0.2) is 35.9 Å². The molecule has 0 saturated carbocycles. The van der Waals surface area contributed by atoms with Crippen molar-refractivity contribution in [1.82, 2.24) is 5.23 Å². The van der Waals surface area contributed by atoms with Gasteiger partial charge in [0.05, 0.1) is 6.04 Å². The third-order valence-corrected chi connectivity index (χ3v) is 4.56. The van der Waals surface area contributed by atoms with Crippen molar-refractivity contribution in [3.63, 3.8) is 0 Å². The number of allylic oxidation sites excluding steroid dienone is 6. The highest BCUT2D eigenvalue weighted by Crippen LogP contribution is 2.20. The van der Waals surface area contributed by atoms with Crippen LogP contribution in [-0.2, 0) is 4.79 Å². The van der Waals surface area contributed by atoms with Crippen LogP contribution in [-0.4, -0.2) is 37.4 Å². The fourth-order valence-corrected chi connectivity index (χ4v) is 3.10. The van der Waals surface area contributed by atoms with Gasteiger partial charge in [0.2, 0.25) is 5.91 Å². The van der Waals surface area contributed by atoms with Gasteiger partial charge in [0.15, 0.2) is 0 Å². The van der Waals surface area contributed by atoms with Crippen molar-refractivity contribution in [2.24, 2.45) is 11.5 Å². The second-order valence-electron chi connectivity index (χ2n) is 3.85. The standard InChI is InChI=1S/C13H23BN3OS2/c1-3-5-7-11(6-4-2)14-17-13(18)12(16)10-20-19-9-8-15/h3-7,12H,8-10,15-16H2,1-2H3,(H,17,18)/b5-3-,6-4-,11-7+. The molecule has 0 fully saturated rings. The summed E-state index contributed by atoms with van der Waals surface area (Å²) in [6.45, 7) is 4.50. The van der Waals surface area contributed by atoms with Crippen molar-refractivity contribution in [2.75, 3.05) is 18.1 Å². The highest BCUT2D eigenvalue weighted by atomic mass is 33.1. The number of carbonyl (C=O) groups is 1. The molecule has 0 aromatic rings. The van der Waals surface area contributed by atoms with Gasteiger partial charge in [-0.25, -0.2) is 0 Å². The van der Waals surface area contributed by atoms with E-state index in [2.05, 4.69) is 5.23 Å². The van der Waals surface area contributed by atoms with E-state index in [4.69, 9.17) is 11.5 Å². The Labute approximate surface area is 130 Å². The zero-order valence-electron chi connectivity index (χ0n) is 12.0. The van der Waals surface area contributed by atoms with E-state index in [1.807, 2.05) is 44.2 Å². The molecule has 0 spiro atoms. The van der Waals surface area contributed by atoms with Crippen LogP contribution in [0.3, 0.4) is 0 Å². The summed E-state index contributed by atoms with van der Waals surface area (Å²) in [5.41, 5.74) is 12.1. The average Bonchev–Trinajstić information content (AvgIpc) is 2.45. The molecule has 0 heterocycles. The topological polar surface area (TPSA) is 81.1 Å². The summed E-state index contributed by atoms with van der Waals surface area (Å²) >= 11 is 0. The summed E-state index contributed by atoms with van der Waals surface area (Å²) in [5, 5.41) is 2.73. The largest absolute Gasteiger partial charge is 0.397 e. The van der Waals surface area contributed by atoms with Crippen LogP contribution in [0.4, 0.5) is 0 Å². The van der Waals surface area contributed by atoms with E-state index >= 15 is 0 Å². The molecule has 0 bridgehead atoms. The molecule has 1 amide bonds. The van der Waals surface area contributed by atoms with E-state index in [0.717, 1.165) is 11.2 Å². The molecule has 0 aliphatic heterocycles. The first-order valence-corrected chi connectivity index (χ1v) is 8.93. The van der Waals surface area contributed by atoms with E-state index in [0.29, 0.717) is 12.3 Å². The predicted octanol–water partition coefficient (Wildman–Crippen LogP) is 1.43. The van der Waals surface area contributed by atoms with Gasteiger partial charge in [0.25, 0.3) is 7.41 Å². The summed E-state index contributed by atoms with van der Waals surface area (Å²) in [6, 6.07) is -0.518. The smallest absolute Gasteiger partial charge is 0.284 e. The molecule has 7 heteroatoms. The lowest BCUT2D eigenvalue weighted by Crippen LogP contribution is -2.44. The second kappa shape index (κ2) is 13.4. The predicted molar refractivity (Wildman–Crippen MR) is 93.6 cm³/mol. The number of hydrogen-bond acceptors (Lipinski definition) is 5.